The molecule has 2 aromatic carbocycles. The molecule has 3 rings (SSSR count). The topological polar surface area (TPSA) is 58.4 Å². The highest BCUT2D eigenvalue weighted by molar-refractivity contribution is 7.98. The van der Waals surface area contributed by atoms with Crippen molar-refractivity contribution < 1.29 is 9.21 Å². The van der Waals surface area contributed by atoms with E-state index in [2.05, 4.69) is 36.3 Å². The van der Waals surface area contributed by atoms with Crippen molar-refractivity contribution in [1.29, 1.82) is 0 Å². The van der Waals surface area contributed by atoms with Crippen LogP contribution in [0.15, 0.2) is 58.0 Å². The normalized spacial score (nSPS) is 11.0. The van der Waals surface area contributed by atoms with E-state index in [9.17, 15) is 4.79 Å². The Bertz CT molecular complexity index is 968. The van der Waals surface area contributed by atoms with E-state index < -0.39 is 0 Å². The fourth-order valence-electron chi connectivity index (χ4n) is 3.07. The van der Waals surface area contributed by atoms with E-state index >= 15 is 0 Å². The first kappa shape index (κ1) is 20.2. The number of nitrogens with one attached hydrogen (secondary N) is 1. The summed E-state index contributed by atoms with van der Waals surface area (Å²) in [6.07, 6.45) is 3.65. The summed E-state index contributed by atoms with van der Waals surface area (Å²) in [6.45, 7) is 4.92. The highest BCUT2D eigenvalue weighted by atomic mass is 32.2. The van der Waals surface area contributed by atoms with Gasteiger partial charge < -0.3 is 9.73 Å². The number of anilines is 1. The molecule has 3 aromatic rings. The Kier molecular flexibility index (Phi) is 6.54. The summed E-state index contributed by atoms with van der Waals surface area (Å²) < 4.78 is 5.66. The van der Waals surface area contributed by atoms with Crippen LogP contribution in [0.4, 0.5) is 5.69 Å². The third-order valence-corrected chi connectivity index (χ3v) is 5.19. The predicted molar refractivity (Wildman–Crippen MR) is 115 cm³/mol. The quantitative estimate of drug-likeness (QED) is 0.585. The van der Waals surface area contributed by atoms with Gasteiger partial charge in [-0.15, -0.1) is 11.8 Å². The highest BCUT2D eigenvalue weighted by Gasteiger charge is 2.13. The van der Waals surface area contributed by atoms with Gasteiger partial charge in [-0.25, -0.2) is 4.98 Å². The number of likely N-dealkylation sites (N-methyl/N-ethyl adjacent to an activating group) is 1. The number of oxazole rings is 1. The number of aromatic nitrogens is 1. The lowest BCUT2D eigenvalue weighted by Gasteiger charge is -2.15. The van der Waals surface area contributed by atoms with E-state index in [0.717, 1.165) is 27.4 Å². The van der Waals surface area contributed by atoms with Crippen molar-refractivity contribution in [3.8, 4) is 11.5 Å². The van der Waals surface area contributed by atoms with Crippen LogP contribution < -0.4 is 5.32 Å². The number of hydrogen-bond acceptors (Lipinski definition) is 5. The van der Waals surface area contributed by atoms with Gasteiger partial charge in [-0.1, -0.05) is 29.8 Å². The predicted octanol–water partition coefficient (Wildman–Crippen LogP) is 4.75. The second kappa shape index (κ2) is 9.08. The number of rotatable bonds is 7. The van der Waals surface area contributed by atoms with Gasteiger partial charge >= 0.3 is 0 Å². The molecule has 1 aromatic heterocycles. The molecule has 1 heterocycles. The molecule has 0 saturated heterocycles. The number of carbonyl (C=O) groups excluding carboxylic acids is 1. The minimum Gasteiger partial charge on any atom is -0.444 e. The lowest BCUT2D eigenvalue weighted by atomic mass is 10.1. The van der Waals surface area contributed by atoms with E-state index in [1.807, 2.05) is 48.5 Å². The Labute approximate surface area is 170 Å². The van der Waals surface area contributed by atoms with Crippen LogP contribution in [-0.2, 0) is 11.3 Å². The van der Waals surface area contributed by atoms with E-state index in [4.69, 9.17) is 4.42 Å². The molecule has 0 spiro atoms. The molecule has 0 aliphatic carbocycles. The molecule has 5 nitrogen and oxygen atoms in total. The number of hydrogen-bond donors (Lipinski definition) is 1. The molecular formula is C22H25N3O2S. The van der Waals surface area contributed by atoms with Gasteiger partial charge in [0.25, 0.3) is 0 Å². The van der Waals surface area contributed by atoms with Gasteiger partial charge in [0.05, 0.1) is 17.9 Å². The molecule has 0 fully saturated rings. The molecule has 0 aliphatic heterocycles. The average Bonchev–Trinajstić information content (AvgIpc) is 3.09. The third-order valence-electron chi connectivity index (χ3n) is 4.39. The van der Waals surface area contributed by atoms with Crippen molar-refractivity contribution in [1.82, 2.24) is 9.88 Å². The second-order valence-corrected chi connectivity index (χ2v) is 7.73. The smallest absolute Gasteiger partial charge is 0.238 e. The van der Waals surface area contributed by atoms with Crippen molar-refractivity contribution in [2.24, 2.45) is 0 Å². The number of aryl methyl sites for hydroxylation is 2. The molecule has 0 atom stereocenters. The first-order valence-corrected chi connectivity index (χ1v) is 10.3. The van der Waals surface area contributed by atoms with Gasteiger partial charge in [-0.05, 0) is 50.9 Å². The number of para-hydroxylation sites is 1. The van der Waals surface area contributed by atoms with Crippen LogP contribution in [-0.4, -0.2) is 35.6 Å². The Balaban J connectivity index is 1.60. The summed E-state index contributed by atoms with van der Waals surface area (Å²) in [7, 11) is 1.89. The summed E-state index contributed by atoms with van der Waals surface area (Å²) in [5.41, 5.74) is 4.98. The molecule has 0 bridgehead atoms. The summed E-state index contributed by atoms with van der Waals surface area (Å²) in [5, 5.41) is 2.98. The van der Waals surface area contributed by atoms with Crippen LogP contribution in [0.2, 0.25) is 0 Å². The maximum Gasteiger partial charge on any atom is 0.238 e. The molecule has 0 saturated carbocycles. The van der Waals surface area contributed by atoms with Crippen LogP contribution >= 0.6 is 11.8 Å². The maximum absolute atomic E-state index is 12.4. The summed E-state index contributed by atoms with van der Waals surface area (Å²) in [5.74, 6) is 0.557. The zero-order valence-corrected chi connectivity index (χ0v) is 17.5. The molecule has 0 radical (unpaired) electrons. The van der Waals surface area contributed by atoms with Gasteiger partial charge in [0.1, 0.15) is 6.26 Å². The number of thioether (sulfide) groups is 1. The minimum absolute atomic E-state index is 0.0536. The van der Waals surface area contributed by atoms with Gasteiger partial charge in [-0.2, -0.15) is 0 Å². The van der Waals surface area contributed by atoms with Crippen molar-refractivity contribution in [3.63, 3.8) is 0 Å². The summed E-state index contributed by atoms with van der Waals surface area (Å²) >= 11 is 1.61. The van der Waals surface area contributed by atoms with Gasteiger partial charge in [-0.3, -0.25) is 9.69 Å². The number of amides is 1. The zero-order valence-electron chi connectivity index (χ0n) is 16.7. The SMILES string of the molecule is CSc1ccccc1NC(=O)CN(C)Cc1coc(-c2ccc(C)cc2C)n1. The zero-order chi connectivity index (χ0) is 20.1. The summed E-state index contributed by atoms with van der Waals surface area (Å²) in [4.78, 5) is 19.9. The first-order valence-electron chi connectivity index (χ1n) is 9.09. The molecular weight excluding hydrogens is 370 g/mol. The lowest BCUT2D eigenvalue weighted by Crippen LogP contribution is -2.30. The summed E-state index contributed by atoms with van der Waals surface area (Å²) in [6, 6.07) is 14.0. The van der Waals surface area contributed by atoms with E-state index in [1.54, 1.807) is 18.0 Å². The first-order chi connectivity index (χ1) is 13.5. The van der Waals surface area contributed by atoms with Crippen molar-refractivity contribution in [2.75, 3.05) is 25.2 Å². The van der Waals surface area contributed by atoms with E-state index in [0.29, 0.717) is 12.4 Å². The van der Waals surface area contributed by atoms with Crippen LogP contribution in [0.25, 0.3) is 11.5 Å². The minimum atomic E-state index is -0.0536. The van der Waals surface area contributed by atoms with Gasteiger partial charge in [0, 0.05) is 17.0 Å². The fraction of sp³-hybridized carbons (Fsp3) is 0.273. The average molecular weight is 396 g/mol. The van der Waals surface area contributed by atoms with Gasteiger partial charge in [0.2, 0.25) is 11.8 Å². The highest BCUT2D eigenvalue weighted by Crippen LogP contribution is 2.25. The molecule has 0 aliphatic rings. The van der Waals surface area contributed by atoms with E-state index in [-0.39, 0.29) is 12.5 Å². The molecule has 1 amide bonds. The molecule has 6 heteroatoms. The lowest BCUT2D eigenvalue weighted by molar-refractivity contribution is -0.117. The second-order valence-electron chi connectivity index (χ2n) is 6.88. The Hall–Kier alpha value is -2.57. The number of nitrogens with zero attached hydrogens (tertiary/aromatic N) is 2. The van der Waals surface area contributed by atoms with Crippen LogP contribution in [0.1, 0.15) is 16.8 Å². The Morgan fingerprint density at radius 3 is 2.75 bits per heavy atom. The van der Waals surface area contributed by atoms with Crippen molar-refractivity contribution >= 4 is 23.4 Å². The number of carbonyl (C=O) groups is 1. The van der Waals surface area contributed by atoms with Crippen LogP contribution in [0.3, 0.4) is 0 Å². The number of benzene rings is 2. The van der Waals surface area contributed by atoms with Crippen molar-refractivity contribution in [3.05, 3.63) is 65.5 Å². The van der Waals surface area contributed by atoms with E-state index in [1.165, 1.54) is 5.56 Å². The molecule has 1 N–H and O–H groups in total. The van der Waals surface area contributed by atoms with Crippen LogP contribution in [0.5, 0.6) is 0 Å². The third kappa shape index (κ3) is 5.03. The molecule has 146 valence electrons. The Morgan fingerprint density at radius 2 is 2.00 bits per heavy atom. The molecule has 0 unspecified atom stereocenters. The largest absolute Gasteiger partial charge is 0.444 e. The fourth-order valence-corrected chi connectivity index (χ4v) is 3.63. The maximum atomic E-state index is 12.4. The standard InChI is InChI=1S/C22H25N3O2S/c1-15-9-10-18(16(2)11-15)22-23-17(14-27-22)12-25(3)13-21(26)24-19-7-5-6-8-20(19)28-4/h5-11,14H,12-13H2,1-4H3,(H,24,26). The van der Waals surface area contributed by atoms with Crippen LogP contribution in [0, 0.1) is 13.8 Å². The monoisotopic (exact) mass is 395 g/mol. The van der Waals surface area contributed by atoms with Gasteiger partial charge in [0.15, 0.2) is 0 Å². The molecule has 28 heavy (non-hydrogen) atoms. The Morgan fingerprint density at radius 1 is 1.21 bits per heavy atom. The van der Waals surface area contributed by atoms with Crippen molar-refractivity contribution in [2.45, 2.75) is 25.3 Å².